The number of rotatable bonds is 3. The average molecular weight is 233 g/mol. The van der Waals surface area contributed by atoms with E-state index in [0.29, 0.717) is 0 Å². The minimum absolute atomic E-state index is 0. The van der Waals surface area contributed by atoms with Crippen molar-refractivity contribution in [3.63, 3.8) is 0 Å². The Balaban J connectivity index is 0.00000169. The molecule has 0 aliphatic carbocycles. The minimum atomic E-state index is -1.02. The molecule has 4 nitrogen and oxygen atoms in total. The second-order valence-electron chi connectivity index (χ2n) is 2.82. The number of nitrogens with two attached hydrogens (primary N) is 1. The Kier molecular flexibility index (Phi) is 5.25. The van der Waals surface area contributed by atoms with E-state index in [4.69, 9.17) is 15.9 Å². The van der Waals surface area contributed by atoms with Crippen LogP contribution in [0.2, 0.25) is 0 Å². The summed E-state index contributed by atoms with van der Waals surface area (Å²) in [5, 5.41) is 17.5. The zero-order chi connectivity index (χ0) is 9.84. The van der Waals surface area contributed by atoms with Crippen molar-refractivity contribution in [1.82, 2.24) is 0 Å². The predicted octanol–water partition coefficient (Wildman–Crippen LogP) is 0.344. The summed E-state index contributed by atoms with van der Waals surface area (Å²) >= 11 is 0. The number of aliphatic carboxylic acids is 1. The Labute approximate surface area is 92.5 Å². The van der Waals surface area contributed by atoms with Crippen LogP contribution in [0, 0.1) is 0 Å². The second kappa shape index (κ2) is 5.66. The van der Waals surface area contributed by atoms with Gasteiger partial charge in [0.05, 0.1) is 0 Å². The summed E-state index contributed by atoms with van der Waals surface area (Å²) in [6.45, 7) is 0. The molecule has 0 aliphatic rings. The number of hydrogen-bond acceptors (Lipinski definition) is 3. The van der Waals surface area contributed by atoms with Crippen LogP contribution in [-0.2, 0) is 28.6 Å². The van der Waals surface area contributed by atoms with Crippen LogP contribution in [-0.4, -0.2) is 22.2 Å². The van der Waals surface area contributed by atoms with Gasteiger partial charge in [0.25, 0.3) is 0 Å². The maximum absolute atomic E-state index is 10.4. The zero-order valence-electron chi connectivity index (χ0n) is 7.38. The fourth-order valence-corrected chi connectivity index (χ4v) is 0.973. The number of benzene rings is 1. The van der Waals surface area contributed by atoms with Crippen molar-refractivity contribution < 1.29 is 32.4 Å². The third-order valence-electron chi connectivity index (χ3n) is 1.71. The monoisotopic (exact) mass is 233 g/mol. The maximum Gasteiger partial charge on any atom is 0.320 e. The van der Waals surface area contributed by atoms with Gasteiger partial charge >= 0.3 is 5.97 Å². The zero-order valence-corrected chi connectivity index (χ0v) is 8.66. The maximum atomic E-state index is 10.4. The molecule has 1 aromatic carbocycles. The molecule has 0 amide bonds. The number of carboxylic acids is 1. The Bertz CT molecular complexity index is 299. The standard InChI is InChI=1S/C9H11NO3.Cr/c10-8(9(12)13)5-6-1-3-7(11)4-2-6;/h1-4,8,11H,5,10H2,(H,12,13);/t8-;/m0./s1. The van der Waals surface area contributed by atoms with Gasteiger partial charge in [0.2, 0.25) is 0 Å². The molecule has 4 N–H and O–H groups in total. The smallest absolute Gasteiger partial charge is 0.320 e. The van der Waals surface area contributed by atoms with Gasteiger partial charge < -0.3 is 15.9 Å². The third-order valence-corrected chi connectivity index (χ3v) is 1.71. The number of hydrogen-bond donors (Lipinski definition) is 3. The van der Waals surface area contributed by atoms with Crippen molar-refractivity contribution in [3.05, 3.63) is 29.8 Å². The van der Waals surface area contributed by atoms with E-state index in [1.807, 2.05) is 0 Å². The van der Waals surface area contributed by atoms with Crippen molar-refractivity contribution in [2.45, 2.75) is 12.5 Å². The van der Waals surface area contributed by atoms with Gasteiger partial charge in [-0.25, -0.2) is 0 Å². The molecule has 0 saturated carbocycles. The summed E-state index contributed by atoms with van der Waals surface area (Å²) in [6, 6.07) is 5.42. The molecule has 0 spiro atoms. The van der Waals surface area contributed by atoms with Crippen molar-refractivity contribution in [2.75, 3.05) is 0 Å². The Morgan fingerprint density at radius 3 is 2.29 bits per heavy atom. The summed E-state index contributed by atoms with van der Waals surface area (Å²) < 4.78 is 0. The molecule has 1 atom stereocenters. The number of phenolic OH excluding ortho intramolecular Hbond substituents is 1. The van der Waals surface area contributed by atoms with Crippen LogP contribution in [0.3, 0.4) is 0 Å². The van der Waals surface area contributed by atoms with Gasteiger partial charge in [-0.05, 0) is 24.1 Å². The second-order valence-corrected chi connectivity index (χ2v) is 2.82. The summed E-state index contributed by atoms with van der Waals surface area (Å²) in [6.07, 6.45) is 0.273. The normalized spacial score (nSPS) is 11.5. The first-order valence-corrected chi connectivity index (χ1v) is 3.86. The summed E-state index contributed by atoms with van der Waals surface area (Å²) in [4.78, 5) is 10.4. The first kappa shape index (κ1) is 13.0. The van der Waals surface area contributed by atoms with Crippen molar-refractivity contribution in [3.8, 4) is 5.75 Å². The summed E-state index contributed by atoms with van der Waals surface area (Å²) in [5.41, 5.74) is 6.12. The number of carboxylic acid groups (broad SMARTS) is 1. The van der Waals surface area contributed by atoms with E-state index in [9.17, 15) is 4.79 Å². The molecule has 1 rings (SSSR count). The van der Waals surface area contributed by atoms with Crippen molar-refractivity contribution in [1.29, 1.82) is 0 Å². The molecular weight excluding hydrogens is 222 g/mol. The fourth-order valence-electron chi connectivity index (χ4n) is 0.973. The van der Waals surface area contributed by atoms with Crippen LogP contribution in [0.4, 0.5) is 0 Å². The summed E-state index contributed by atoms with van der Waals surface area (Å²) in [7, 11) is 0. The summed E-state index contributed by atoms with van der Waals surface area (Å²) in [5.74, 6) is -0.860. The first-order valence-electron chi connectivity index (χ1n) is 3.86. The molecule has 0 aromatic heterocycles. The van der Waals surface area contributed by atoms with Gasteiger partial charge in [-0.2, -0.15) is 0 Å². The van der Waals surface area contributed by atoms with Crippen LogP contribution >= 0.6 is 0 Å². The first-order chi connectivity index (χ1) is 6.09. The van der Waals surface area contributed by atoms with E-state index in [1.54, 1.807) is 12.1 Å². The molecule has 0 fully saturated rings. The SMILES string of the molecule is N[C@@H](Cc1ccc(O)cc1)C(=O)O.[Cr]. The van der Waals surface area contributed by atoms with E-state index in [2.05, 4.69) is 0 Å². The van der Waals surface area contributed by atoms with Crippen molar-refractivity contribution >= 4 is 5.97 Å². The van der Waals surface area contributed by atoms with Crippen molar-refractivity contribution in [2.24, 2.45) is 5.73 Å². The Morgan fingerprint density at radius 2 is 1.86 bits per heavy atom. The van der Waals surface area contributed by atoms with Crippen LogP contribution in [0.25, 0.3) is 0 Å². The molecule has 1 aromatic rings. The molecule has 5 heteroatoms. The van der Waals surface area contributed by atoms with Gasteiger partial charge in [-0.3, -0.25) is 4.79 Å². The fraction of sp³-hybridized carbons (Fsp3) is 0.222. The largest absolute Gasteiger partial charge is 0.508 e. The van der Waals surface area contributed by atoms with Gasteiger partial charge in [-0.1, -0.05) is 12.1 Å². The predicted molar refractivity (Wildman–Crippen MR) is 47.4 cm³/mol. The van der Waals surface area contributed by atoms with E-state index in [0.717, 1.165) is 5.56 Å². The molecule has 76 valence electrons. The molecule has 0 bridgehead atoms. The number of aromatic hydroxyl groups is 1. The Hall–Kier alpha value is -1.02. The van der Waals surface area contributed by atoms with Gasteiger partial charge in [-0.15, -0.1) is 0 Å². The molecular formula is C9H11CrNO3. The minimum Gasteiger partial charge on any atom is -0.508 e. The number of carbonyl (C=O) groups is 1. The molecule has 0 saturated heterocycles. The van der Waals surface area contributed by atoms with Crippen LogP contribution < -0.4 is 5.73 Å². The quantitative estimate of drug-likeness (QED) is 0.703. The van der Waals surface area contributed by atoms with E-state index in [1.165, 1.54) is 12.1 Å². The Morgan fingerprint density at radius 1 is 1.36 bits per heavy atom. The number of phenols is 1. The molecule has 14 heavy (non-hydrogen) atoms. The van der Waals surface area contributed by atoms with Gasteiger partial charge in [0, 0.05) is 17.4 Å². The van der Waals surface area contributed by atoms with Crippen LogP contribution in [0.5, 0.6) is 5.75 Å². The topological polar surface area (TPSA) is 83.5 Å². The molecule has 0 radical (unpaired) electrons. The third kappa shape index (κ3) is 3.79. The van der Waals surface area contributed by atoms with Gasteiger partial charge in [0.1, 0.15) is 11.8 Å². The van der Waals surface area contributed by atoms with Crippen LogP contribution in [0.1, 0.15) is 5.56 Å². The van der Waals surface area contributed by atoms with E-state index >= 15 is 0 Å². The average Bonchev–Trinajstić information content (AvgIpc) is 2.08. The molecule has 0 aliphatic heterocycles. The van der Waals surface area contributed by atoms with E-state index < -0.39 is 12.0 Å². The molecule has 0 unspecified atom stereocenters. The molecule has 0 heterocycles. The van der Waals surface area contributed by atoms with Crippen LogP contribution in [0.15, 0.2) is 24.3 Å². The van der Waals surface area contributed by atoms with Gasteiger partial charge in [0.15, 0.2) is 0 Å². The van der Waals surface area contributed by atoms with E-state index in [-0.39, 0.29) is 29.5 Å².